The molecule has 0 aromatic rings. The molecular formula is C9H14O4S2. The zero-order valence-electron chi connectivity index (χ0n) is 8.35. The molecule has 0 spiro atoms. The lowest BCUT2D eigenvalue weighted by Gasteiger charge is -2.07. The maximum Gasteiger partial charge on any atom is 0.168 e. The van der Waals surface area contributed by atoms with E-state index in [9.17, 15) is 16.8 Å². The second kappa shape index (κ2) is 4.51. The molecule has 0 unspecified atom stereocenters. The molecule has 0 bridgehead atoms. The summed E-state index contributed by atoms with van der Waals surface area (Å²) in [6.45, 7) is 3.37. The van der Waals surface area contributed by atoms with Gasteiger partial charge in [0.15, 0.2) is 24.3 Å². The minimum atomic E-state index is -3.42. The lowest BCUT2D eigenvalue weighted by atomic mass is 10.2. The van der Waals surface area contributed by atoms with Gasteiger partial charge in [-0.3, -0.25) is 0 Å². The summed E-state index contributed by atoms with van der Waals surface area (Å²) in [4.78, 5) is 0. The smallest absolute Gasteiger partial charge is 0.168 e. The molecule has 0 amide bonds. The van der Waals surface area contributed by atoms with Crippen LogP contribution in [0.2, 0.25) is 0 Å². The number of hydrogen-bond acceptors (Lipinski definition) is 4. The summed E-state index contributed by atoms with van der Waals surface area (Å²) < 4.78 is 44.5. The monoisotopic (exact) mass is 250 g/mol. The summed E-state index contributed by atoms with van der Waals surface area (Å²) in [6.07, 6.45) is 3.01. The fourth-order valence-corrected chi connectivity index (χ4v) is 7.37. The van der Waals surface area contributed by atoms with Crippen molar-refractivity contribution >= 4 is 19.7 Å². The van der Waals surface area contributed by atoms with Crippen LogP contribution in [0.4, 0.5) is 0 Å². The van der Waals surface area contributed by atoms with Crippen molar-refractivity contribution in [2.75, 3.05) is 11.5 Å². The van der Waals surface area contributed by atoms with E-state index in [0.717, 1.165) is 0 Å². The highest BCUT2D eigenvalue weighted by Gasteiger charge is 2.43. The van der Waals surface area contributed by atoms with Crippen molar-refractivity contribution in [2.24, 2.45) is 0 Å². The topological polar surface area (TPSA) is 68.3 Å². The Labute approximate surface area is 90.5 Å². The van der Waals surface area contributed by atoms with E-state index in [1.807, 2.05) is 0 Å². The molecule has 6 heteroatoms. The Bertz CT molecular complexity index is 432. The first-order valence-electron chi connectivity index (χ1n) is 4.67. The highest BCUT2D eigenvalue weighted by atomic mass is 32.3. The maximum absolute atomic E-state index is 11.4. The van der Waals surface area contributed by atoms with Gasteiger partial charge in [-0.2, -0.15) is 0 Å². The van der Waals surface area contributed by atoms with Crippen LogP contribution in [0.15, 0.2) is 18.4 Å². The largest absolute Gasteiger partial charge is 0.227 e. The molecule has 0 aliphatic carbocycles. The standard InChI is InChI=1S/C9H14O4S2/c1-2-3-4-5-6-9-14(10,11)7-8-15(9,12)13/h3,9H,1,4-8H2. The molecule has 0 saturated carbocycles. The second-order valence-corrected chi connectivity index (χ2v) is 8.41. The minimum absolute atomic E-state index is 0.183. The first-order valence-corrected chi connectivity index (χ1v) is 8.10. The molecule has 0 aromatic heterocycles. The number of hydrogen-bond donors (Lipinski definition) is 0. The summed E-state index contributed by atoms with van der Waals surface area (Å²) in [5.74, 6) is -0.450. The molecule has 4 nitrogen and oxygen atoms in total. The maximum atomic E-state index is 11.4. The van der Waals surface area contributed by atoms with Gasteiger partial charge >= 0.3 is 0 Å². The van der Waals surface area contributed by atoms with Crippen LogP contribution in [0.25, 0.3) is 0 Å². The van der Waals surface area contributed by atoms with Gasteiger partial charge in [0.1, 0.15) is 0 Å². The van der Waals surface area contributed by atoms with Crippen molar-refractivity contribution in [2.45, 2.75) is 23.8 Å². The fraction of sp³-hybridized carbons (Fsp3) is 0.667. The summed E-state index contributed by atoms with van der Waals surface area (Å²) in [6, 6.07) is 0. The van der Waals surface area contributed by atoms with Crippen molar-refractivity contribution in [1.82, 2.24) is 0 Å². The summed E-state index contributed by atoms with van der Waals surface area (Å²) >= 11 is 0. The molecule has 86 valence electrons. The average Bonchev–Trinajstić information content (AvgIpc) is 2.33. The van der Waals surface area contributed by atoms with Gasteiger partial charge in [-0.1, -0.05) is 6.58 Å². The van der Waals surface area contributed by atoms with Crippen LogP contribution in [0.1, 0.15) is 19.3 Å². The molecule has 0 atom stereocenters. The molecule has 0 N–H and O–H groups in total. The van der Waals surface area contributed by atoms with Crippen molar-refractivity contribution in [3.63, 3.8) is 0 Å². The van der Waals surface area contributed by atoms with E-state index < -0.39 is 24.3 Å². The third-order valence-electron chi connectivity index (χ3n) is 2.39. The van der Waals surface area contributed by atoms with Gasteiger partial charge in [-0.25, -0.2) is 16.8 Å². The Morgan fingerprint density at radius 2 is 1.73 bits per heavy atom. The predicted molar refractivity (Wildman–Crippen MR) is 58.9 cm³/mol. The Hall–Kier alpha value is -0.580. The normalized spacial score (nSPS) is 23.5. The van der Waals surface area contributed by atoms with Crippen molar-refractivity contribution in [1.29, 1.82) is 0 Å². The van der Waals surface area contributed by atoms with Crippen molar-refractivity contribution in [3.8, 4) is 0 Å². The highest BCUT2D eigenvalue weighted by molar-refractivity contribution is 8.12. The molecule has 1 saturated heterocycles. The van der Waals surface area contributed by atoms with E-state index in [1.165, 1.54) is 0 Å². The van der Waals surface area contributed by atoms with Gasteiger partial charge in [-0.05, 0) is 25.3 Å². The first-order chi connectivity index (χ1) is 6.90. The fourth-order valence-electron chi connectivity index (χ4n) is 1.57. The lowest BCUT2D eigenvalue weighted by Crippen LogP contribution is -2.22. The Morgan fingerprint density at radius 1 is 1.20 bits per heavy atom. The van der Waals surface area contributed by atoms with Crippen LogP contribution >= 0.6 is 0 Å². The van der Waals surface area contributed by atoms with E-state index in [0.29, 0.717) is 12.8 Å². The van der Waals surface area contributed by atoms with Gasteiger partial charge < -0.3 is 0 Å². The third kappa shape index (κ3) is 2.93. The molecule has 1 aliphatic rings. The zero-order chi connectivity index (χ0) is 11.5. The Kier molecular flexibility index (Phi) is 3.76. The number of sulfone groups is 2. The number of unbranched alkanes of at least 4 members (excludes halogenated alkanes) is 1. The quantitative estimate of drug-likeness (QED) is 0.543. The Balaban J connectivity index is 2.70. The van der Waals surface area contributed by atoms with Crippen LogP contribution in [-0.2, 0) is 19.7 Å². The zero-order valence-corrected chi connectivity index (χ0v) is 9.98. The van der Waals surface area contributed by atoms with Crippen LogP contribution in [-0.4, -0.2) is 32.9 Å². The molecular weight excluding hydrogens is 236 g/mol. The van der Waals surface area contributed by atoms with E-state index in [1.54, 1.807) is 6.08 Å². The molecule has 1 rings (SSSR count). The van der Waals surface area contributed by atoms with E-state index in [-0.39, 0.29) is 17.9 Å². The minimum Gasteiger partial charge on any atom is -0.227 e. The molecule has 0 aromatic carbocycles. The third-order valence-corrected chi connectivity index (χ3v) is 8.02. The van der Waals surface area contributed by atoms with Crippen LogP contribution in [0.3, 0.4) is 0 Å². The number of allylic oxidation sites excluding steroid dienone is 1. The van der Waals surface area contributed by atoms with Gasteiger partial charge in [-0.15, -0.1) is 5.73 Å². The predicted octanol–water partition coefficient (Wildman–Crippen LogP) is 0.667. The summed E-state index contributed by atoms with van der Waals surface area (Å²) in [5, 5.41) is 0. The molecule has 1 fully saturated rings. The molecule has 1 heterocycles. The van der Waals surface area contributed by atoms with Gasteiger partial charge in [0, 0.05) is 0 Å². The first kappa shape index (κ1) is 12.5. The van der Waals surface area contributed by atoms with Crippen molar-refractivity contribution < 1.29 is 16.8 Å². The average molecular weight is 250 g/mol. The highest BCUT2D eigenvalue weighted by Crippen LogP contribution is 2.24. The molecule has 0 radical (unpaired) electrons. The molecule has 1 aliphatic heterocycles. The second-order valence-electron chi connectivity index (χ2n) is 3.50. The van der Waals surface area contributed by atoms with Crippen LogP contribution < -0.4 is 0 Å². The van der Waals surface area contributed by atoms with E-state index in [4.69, 9.17) is 0 Å². The molecule has 15 heavy (non-hydrogen) atoms. The van der Waals surface area contributed by atoms with Crippen molar-refractivity contribution in [3.05, 3.63) is 18.4 Å². The van der Waals surface area contributed by atoms with Crippen LogP contribution in [0.5, 0.6) is 0 Å². The van der Waals surface area contributed by atoms with Gasteiger partial charge in [0.05, 0.1) is 11.5 Å². The number of rotatable bonds is 4. The van der Waals surface area contributed by atoms with E-state index in [2.05, 4.69) is 12.3 Å². The Morgan fingerprint density at radius 3 is 2.20 bits per heavy atom. The van der Waals surface area contributed by atoms with E-state index >= 15 is 0 Å². The summed E-state index contributed by atoms with van der Waals surface area (Å²) in [7, 11) is -6.84. The van der Waals surface area contributed by atoms with Gasteiger partial charge in [0.2, 0.25) is 0 Å². The van der Waals surface area contributed by atoms with Gasteiger partial charge in [0.25, 0.3) is 0 Å². The SMILES string of the molecule is C=C=CCCCC1S(=O)(=O)CCS1(=O)=O. The van der Waals surface area contributed by atoms with Crippen LogP contribution in [0, 0.1) is 0 Å². The summed E-state index contributed by atoms with van der Waals surface area (Å²) in [5.41, 5.74) is 2.56. The lowest BCUT2D eigenvalue weighted by molar-refractivity contribution is 0.577.